The molecule has 1 aromatic heterocycles. The van der Waals surface area contributed by atoms with Crippen molar-refractivity contribution in [1.82, 2.24) is 9.78 Å². The van der Waals surface area contributed by atoms with Gasteiger partial charge < -0.3 is 4.89 Å². The molecule has 0 aliphatic carbocycles. The van der Waals surface area contributed by atoms with Crippen molar-refractivity contribution >= 4 is 10.0 Å². The molecule has 0 amide bonds. The highest BCUT2D eigenvalue weighted by molar-refractivity contribution is 7.89. The lowest BCUT2D eigenvalue weighted by atomic mass is 10.1. The van der Waals surface area contributed by atoms with Gasteiger partial charge in [-0.25, -0.2) is 18.2 Å². The highest BCUT2D eigenvalue weighted by Crippen LogP contribution is 2.33. The zero-order valence-corrected chi connectivity index (χ0v) is 14.7. The van der Waals surface area contributed by atoms with Gasteiger partial charge in [-0.15, -0.1) is 0 Å². The Morgan fingerprint density at radius 3 is 2.11 bits per heavy atom. The van der Waals surface area contributed by atoms with Gasteiger partial charge in [-0.3, -0.25) is 0 Å². The van der Waals surface area contributed by atoms with E-state index < -0.39 is 21.9 Å². The Kier molecular flexibility index (Phi) is 5.12. The van der Waals surface area contributed by atoms with Gasteiger partial charge in [0.15, 0.2) is 11.4 Å². The number of alkyl halides is 3. The molecule has 148 valence electrons. The van der Waals surface area contributed by atoms with E-state index in [9.17, 15) is 21.6 Å². The molecule has 0 atom stereocenters. The molecular weight excluding hydrogens is 401 g/mol. The molecule has 12 heteroatoms. The van der Waals surface area contributed by atoms with Gasteiger partial charge in [0.25, 0.3) is 0 Å². The Labute approximate surface area is 157 Å². The number of nitrogens with two attached hydrogens (primary N) is 2. The van der Waals surface area contributed by atoms with Gasteiger partial charge in [-0.05, 0) is 54.6 Å². The first-order valence-corrected chi connectivity index (χ1v) is 9.08. The van der Waals surface area contributed by atoms with Crippen molar-refractivity contribution in [2.75, 3.05) is 0 Å². The summed E-state index contributed by atoms with van der Waals surface area (Å²) in [5, 5.41) is 8.65. The van der Waals surface area contributed by atoms with Crippen molar-refractivity contribution in [2.45, 2.75) is 11.1 Å². The standard InChI is InChI=1S/C16H13F3N4O4S/c17-16(18,19)15-9-14(10-1-5-12(6-2-10)26-27-20)23(22-15)11-3-7-13(8-4-11)28(21,24)25/h1-9H,20H2,(H2,21,24,25). The van der Waals surface area contributed by atoms with Crippen molar-refractivity contribution in [3.8, 4) is 22.7 Å². The maximum Gasteiger partial charge on any atom is 0.435 e. The molecule has 8 nitrogen and oxygen atoms in total. The second-order valence-electron chi connectivity index (χ2n) is 5.57. The third kappa shape index (κ3) is 4.14. The van der Waals surface area contributed by atoms with Crippen LogP contribution in [-0.4, -0.2) is 18.2 Å². The van der Waals surface area contributed by atoms with Crippen LogP contribution in [0.15, 0.2) is 59.5 Å². The molecule has 0 aliphatic rings. The number of nitrogens with zero attached hydrogens (tertiary/aromatic N) is 2. The van der Waals surface area contributed by atoms with Crippen LogP contribution in [0.2, 0.25) is 0 Å². The van der Waals surface area contributed by atoms with E-state index in [-0.39, 0.29) is 22.0 Å². The topological polar surface area (TPSA) is 122 Å². The third-order valence-corrected chi connectivity index (χ3v) is 4.63. The number of hydrogen-bond acceptors (Lipinski definition) is 6. The Balaban J connectivity index is 2.10. The first kappa shape index (κ1) is 19.8. The molecular formula is C16H13F3N4O4S. The Morgan fingerprint density at radius 2 is 1.61 bits per heavy atom. The van der Waals surface area contributed by atoms with E-state index in [1.165, 1.54) is 48.5 Å². The van der Waals surface area contributed by atoms with Crippen molar-refractivity contribution in [2.24, 2.45) is 11.0 Å². The number of hydrogen-bond donors (Lipinski definition) is 2. The molecule has 0 unspecified atom stereocenters. The minimum Gasteiger partial charge on any atom is -0.320 e. The first-order chi connectivity index (χ1) is 13.1. The molecule has 4 N–H and O–H groups in total. The van der Waals surface area contributed by atoms with Gasteiger partial charge in [0.1, 0.15) is 0 Å². The third-order valence-electron chi connectivity index (χ3n) is 3.70. The summed E-state index contributed by atoms with van der Waals surface area (Å²) in [6.45, 7) is 0. The Bertz CT molecular complexity index is 1080. The number of aromatic nitrogens is 2. The fourth-order valence-corrected chi connectivity index (χ4v) is 2.95. The van der Waals surface area contributed by atoms with E-state index >= 15 is 0 Å². The van der Waals surface area contributed by atoms with Crippen molar-refractivity contribution in [1.29, 1.82) is 0 Å². The number of benzene rings is 2. The summed E-state index contributed by atoms with van der Waals surface area (Å²) in [7, 11) is -3.94. The van der Waals surface area contributed by atoms with E-state index in [1.54, 1.807) is 0 Å². The molecule has 0 radical (unpaired) electrons. The molecule has 0 spiro atoms. The van der Waals surface area contributed by atoms with Crippen molar-refractivity contribution in [3.63, 3.8) is 0 Å². The summed E-state index contributed by atoms with van der Waals surface area (Å²) >= 11 is 0. The van der Waals surface area contributed by atoms with Crippen LogP contribution in [0.1, 0.15) is 5.69 Å². The molecule has 0 fully saturated rings. The molecule has 0 saturated carbocycles. The average Bonchev–Trinajstić information content (AvgIpc) is 3.08. The van der Waals surface area contributed by atoms with Crippen LogP contribution in [0.5, 0.6) is 5.75 Å². The predicted molar refractivity (Wildman–Crippen MR) is 91.3 cm³/mol. The summed E-state index contributed by atoms with van der Waals surface area (Å²) in [5.74, 6) is 5.03. The average molecular weight is 414 g/mol. The molecule has 0 saturated heterocycles. The first-order valence-electron chi connectivity index (χ1n) is 7.54. The highest BCUT2D eigenvalue weighted by atomic mass is 32.2. The van der Waals surface area contributed by atoms with Crippen molar-refractivity contribution < 1.29 is 31.5 Å². The zero-order valence-electron chi connectivity index (χ0n) is 13.9. The zero-order chi connectivity index (χ0) is 20.5. The summed E-state index contributed by atoms with van der Waals surface area (Å²) < 4.78 is 63.3. The van der Waals surface area contributed by atoms with Crippen LogP contribution in [0.25, 0.3) is 16.9 Å². The summed E-state index contributed by atoms with van der Waals surface area (Å²) in [5.41, 5.74) is -0.383. The molecule has 0 bridgehead atoms. The maximum atomic E-state index is 13.2. The molecule has 28 heavy (non-hydrogen) atoms. The van der Waals surface area contributed by atoms with E-state index in [4.69, 9.17) is 11.0 Å². The van der Waals surface area contributed by atoms with Crippen LogP contribution >= 0.6 is 0 Å². The monoisotopic (exact) mass is 414 g/mol. The second kappa shape index (κ2) is 7.24. The fraction of sp³-hybridized carbons (Fsp3) is 0.0625. The quantitative estimate of drug-likeness (QED) is 0.488. The van der Waals surface area contributed by atoms with E-state index in [0.717, 1.165) is 10.7 Å². The van der Waals surface area contributed by atoms with Gasteiger partial charge in [0, 0.05) is 5.56 Å². The van der Waals surface area contributed by atoms with Gasteiger partial charge in [-0.1, -0.05) is 4.99 Å². The van der Waals surface area contributed by atoms with Crippen LogP contribution < -0.4 is 15.9 Å². The van der Waals surface area contributed by atoms with Crippen LogP contribution in [-0.2, 0) is 21.2 Å². The second-order valence-corrected chi connectivity index (χ2v) is 7.13. The number of halogens is 3. The summed E-state index contributed by atoms with van der Waals surface area (Å²) in [6.07, 6.45) is -4.67. The lowest BCUT2D eigenvalue weighted by Crippen LogP contribution is -2.12. The van der Waals surface area contributed by atoms with Crippen LogP contribution in [0.3, 0.4) is 0 Å². The van der Waals surface area contributed by atoms with E-state index in [0.29, 0.717) is 5.56 Å². The molecule has 3 aromatic rings. The fourth-order valence-electron chi connectivity index (χ4n) is 2.44. The Morgan fingerprint density at radius 1 is 1.00 bits per heavy atom. The number of primary sulfonamides is 1. The van der Waals surface area contributed by atoms with E-state index in [1.807, 2.05) is 0 Å². The normalized spacial score (nSPS) is 12.2. The summed E-state index contributed by atoms with van der Waals surface area (Å²) in [6, 6.07) is 11.7. The predicted octanol–water partition coefficient (Wildman–Crippen LogP) is 2.39. The maximum absolute atomic E-state index is 13.2. The lowest BCUT2D eigenvalue weighted by Gasteiger charge is -2.09. The lowest BCUT2D eigenvalue weighted by molar-refractivity contribution is -0.211. The van der Waals surface area contributed by atoms with Crippen LogP contribution in [0, 0.1) is 0 Å². The van der Waals surface area contributed by atoms with Crippen LogP contribution in [0.4, 0.5) is 13.2 Å². The van der Waals surface area contributed by atoms with Gasteiger partial charge >= 0.3 is 6.18 Å². The summed E-state index contributed by atoms with van der Waals surface area (Å²) in [4.78, 5) is 8.47. The highest BCUT2D eigenvalue weighted by Gasteiger charge is 2.35. The van der Waals surface area contributed by atoms with Gasteiger partial charge in [0.05, 0.1) is 16.3 Å². The molecule has 2 aromatic carbocycles. The van der Waals surface area contributed by atoms with E-state index in [2.05, 4.69) is 15.0 Å². The van der Waals surface area contributed by atoms with Gasteiger partial charge in [-0.2, -0.15) is 24.2 Å². The van der Waals surface area contributed by atoms with Gasteiger partial charge in [0.2, 0.25) is 10.0 Å². The smallest absolute Gasteiger partial charge is 0.320 e. The Hall–Kier alpha value is -2.93. The largest absolute Gasteiger partial charge is 0.435 e. The number of sulfonamides is 1. The minimum absolute atomic E-state index is 0.121. The van der Waals surface area contributed by atoms with Crippen molar-refractivity contribution in [3.05, 3.63) is 60.3 Å². The number of rotatable bonds is 5. The molecule has 3 rings (SSSR count). The SMILES string of the molecule is NOOc1ccc(-c2cc(C(F)(F)F)nn2-c2ccc(S(N)(=O)=O)cc2)cc1. The molecule has 0 aliphatic heterocycles. The minimum atomic E-state index is -4.67. The molecule has 1 heterocycles.